The molecule has 0 spiro atoms. The summed E-state index contributed by atoms with van der Waals surface area (Å²) in [6, 6.07) is 0. The van der Waals surface area contributed by atoms with Gasteiger partial charge in [0.05, 0.1) is 23.9 Å². The Hall–Kier alpha value is -0.654. The van der Waals surface area contributed by atoms with E-state index < -0.39 is 59.8 Å². The Labute approximate surface area is 260 Å². The molecule has 0 unspecified atom stereocenters. The predicted octanol–water partition coefficient (Wildman–Crippen LogP) is -15.0. The SMILES string of the molecule is O.O.O.O.O.O.O=C([O-])C=C(CC(=O)[O-])C(=O)[O-].O=C([O-])C=C(CC(=O)[O-])C(=O)[O-].[Ca+2].[Ca+2].[Mg+2]. The van der Waals surface area contributed by atoms with Crippen LogP contribution in [0.2, 0.25) is 0 Å². The second-order valence-corrected chi connectivity index (χ2v) is 3.65. The summed E-state index contributed by atoms with van der Waals surface area (Å²) in [5.74, 6) is -10.7. The molecule has 0 saturated carbocycles. The van der Waals surface area contributed by atoms with Crippen molar-refractivity contribution in [2.75, 3.05) is 0 Å². The molecule has 33 heavy (non-hydrogen) atoms. The van der Waals surface area contributed by atoms with Gasteiger partial charge >= 0.3 is 98.5 Å². The second-order valence-electron chi connectivity index (χ2n) is 3.65. The standard InChI is InChI=1S/2C6H6O6.2Ca.Mg.6H2O/c2*7-4(8)1-3(6(11)12)2-5(9)10;;;;;;;;;/h2*1H,2H2,(H,7,8)(H,9,10)(H,11,12);;;;6*1H2/q;;3*+2;;;;;;/p-6. The van der Waals surface area contributed by atoms with E-state index in [0.717, 1.165) is 0 Å². The Morgan fingerprint density at radius 3 is 0.758 bits per heavy atom. The van der Waals surface area contributed by atoms with Crippen molar-refractivity contribution in [1.29, 1.82) is 0 Å². The van der Waals surface area contributed by atoms with Gasteiger partial charge in [-0.2, -0.15) is 0 Å². The molecule has 0 aliphatic heterocycles. The van der Waals surface area contributed by atoms with E-state index in [4.69, 9.17) is 0 Å². The van der Waals surface area contributed by atoms with E-state index in [0.29, 0.717) is 0 Å². The van der Waals surface area contributed by atoms with Crippen molar-refractivity contribution in [3.05, 3.63) is 23.3 Å². The molecule has 21 heteroatoms. The molecule has 12 N–H and O–H groups in total. The average molecular weight is 555 g/mol. The molecule has 0 saturated heterocycles. The quantitative estimate of drug-likeness (QED) is 0.199. The van der Waals surface area contributed by atoms with Gasteiger partial charge in [-0.15, -0.1) is 0 Å². The second kappa shape index (κ2) is 38.6. The van der Waals surface area contributed by atoms with Crippen LogP contribution in [0.5, 0.6) is 0 Å². The Morgan fingerprint density at radius 2 is 0.667 bits per heavy atom. The first kappa shape index (κ1) is 69.8. The Kier molecular flexibility index (Phi) is 81.6. The molecule has 0 fully saturated rings. The van der Waals surface area contributed by atoms with E-state index in [2.05, 4.69) is 0 Å². The molecule has 0 bridgehead atoms. The molecule has 0 aromatic heterocycles. The molecule has 0 radical (unpaired) electrons. The topological polar surface area (TPSA) is 430 Å². The Bertz CT molecular complexity index is 578. The summed E-state index contributed by atoms with van der Waals surface area (Å²) in [5, 5.41) is 59.3. The summed E-state index contributed by atoms with van der Waals surface area (Å²) in [5.41, 5.74) is -1.79. The molecule has 0 rings (SSSR count). The first-order valence-corrected chi connectivity index (χ1v) is 5.52. The van der Waals surface area contributed by atoms with E-state index in [1.165, 1.54) is 0 Å². The smallest absolute Gasteiger partial charge is 0.550 e. The van der Waals surface area contributed by atoms with Crippen molar-refractivity contribution in [1.82, 2.24) is 0 Å². The zero-order chi connectivity index (χ0) is 19.4. The fourth-order valence-electron chi connectivity index (χ4n) is 0.960. The van der Waals surface area contributed by atoms with Gasteiger partial charge < -0.3 is 92.3 Å². The summed E-state index contributed by atoms with van der Waals surface area (Å²) in [6.45, 7) is 0. The molecule has 0 aromatic carbocycles. The van der Waals surface area contributed by atoms with Crippen LogP contribution in [0.3, 0.4) is 0 Å². The maximum Gasteiger partial charge on any atom is 2.00 e. The van der Waals surface area contributed by atoms with Crippen LogP contribution in [-0.4, -0.2) is 167 Å². The summed E-state index contributed by atoms with van der Waals surface area (Å²) < 4.78 is 0. The van der Waals surface area contributed by atoms with Crippen LogP contribution in [-0.2, 0) is 28.8 Å². The maximum absolute atomic E-state index is 10.0. The van der Waals surface area contributed by atoms with Gasteiger partial charge in [0.2, 0.25) is 0 Å². The Morgan fingerprint density at radius 1 is 0.485 bits per heavy atom. The van der Waals surface area contributed by atoms with Crippen molar-refractivity contribution in [3.8, 4) is 0 Å². The molecule has 0 amide bonds. The summed E-state index contributed by atoms with van der Waals surface area (Å²) >= 11 is 0. The van der Waals surface area contributed by atoms with Gasteiger partial charge in [0.25, 0.3) is 0 Å². The first-order chi connectivity index (χ1) is 10.9. The molecule has 0 aliphatic rings. The summed E-state index contributed by atoms with van der Waals surface area (Å²) in [4.78, 5) is 59.3. The van der Waals surface area contributed by atoms with E-state index in [-0.39, 0.29) is 144 Å². The molecule has 180 valence electrons. The molecule has 18 nitrogen and oxygen atoms in total. The van der Waals surface area contributed by atoms with Gasteiger partial charge in [0.15, 0.2) is 0 Å². The van der Waals surface area contributed by atoms with Crippen LogP contribution in [0, 0.1) is 0 Å². The number of rotatable bonds is 8. The monoisotopic (exact) mass is 554 g/mol. The van der Waals surface area contributed by atoms with E-state index in [1.807, 2.05) is 0 Å². The third-order valence-electron chi connectivity index (χ3n) is 1.78. The molecular weight excluding hydrogens is 537 g/mol. The minimum Gasteiger partial charge on any atom is -0.550 e. The third kappa shape index (κ3) is 49.5. The van der Waals surface area contributed by atoms with E-state index >= 15 is 0 Å². The minimum absolute atomic E-state index is 0. The van der Waals surface area contributed by atoms with Crippen molar-refractivity contribution in [2.24, 2.45) is 0 Å². The number of carboxylic acid groups (broad SMARTS) is 6. The number of carbonyl (C=O) groups is 6. The molecule has 0 heterocycles. The molecular formula is C12H18Ca2MgO18. The van der Waals surface area contributed by atoms with E-state index in [9.17, 15) is 59.4 Å². The minimum atomic E-state index is -1.87. The fourth-order valence-corrected chi connectivity index (χ4v) is 0.960. The number of carboxylic acids is 6. The zero-order valence-corrected chi connectivity index (χ0v) is 22.4. The van der Waals surface area contributed by atoms with Crippen LogP contribution in [0.15, 0.2) is 23.3 Å². The average Bonchev–Trinajstić information content (AvgIpc) is 2.35. The van der Waals surface area contributed by atoms with Gasteiger partial charge in [-0.05, 0) is 23.3 Å². The van der Waals surface area contributed by atoms with Crippen LogP contribution in [0.4, 0.5) is 0 Å². The number of aliphatic carboxylic acids is 6. The normalized spacial score (nSPS) is 7.88. The van der Waals surface area contributed by atoms with Crippen molar-refractivity contribution < 1.29 is 92.3 Å². The predicted molar refractivity (Wildman–Crippen MR) is 94.4 cm³/mol. The summed E-state index contributed by atoms with van der Waals surface area (Å²) in [7, 11) is 0. The van der Waals surface area contributed by atoms with E-state index in [1.54, 1.807) is 0 Å². The first-order valence-electron chi connectivity index (χ1n) is 5.52. The van der Waals surface area contributed by atoms with Crippen LogP contribution >= 0.6 is 0 Å². The van der Waals surface area contributed by atoms with Gasteiger partial charge in [0, 0.05) is 24.8 Å². The molecule has 0 atom stereocenters. The third-order valence-corrected chi connectivity index (χ3v) is 1.78. The number of hydrogen-bond acceptors (Lipinski definition) is 12. The maximum atomic E-state index is 10.0. The van der Waals surface area contributed by atoms with Gasteiger partial charge in [-0.1, -0.05) is 0 Å². The molecule has 0 aliphatic carbocycles. The number of hydrogen-bond donors (Lipinski definition) is 0. The Balaban J connectivity index is -0.0000000256. The van der Waals surface area contributed by atoms with Crippen molar-refractivity contribution in [2.45, 2.75) is 12.8 Å². The molecule has 0 aromatic rings. The van der Waals surface area contributed by atoms with Crippen molar-refractivity contribution >= 4 is 134 Å². The largest absolute Gasteiger partial charge is 2.00 e. The number of carbonyl (C=O) groups excluding carboxylic acids is 6. The van der Waals surface area contributed by atoms with Gasteiger partial charge in [-0.3, -0.25) is 0 Å². The van der Waals surface area contributed by atoms with Crippen molar-refractivity contribution in [3.63, 3.8) is 0 Å². The summed E-state index contributed by atoms with van der Waals surface area (Å²) in [6.07, 6.45) is -1.75. The van der Waals surface area contributed by atoms with Crippen LogP contribution < -0.4 is 30.6 Å². The van der Waals surface area contributed by atoms with Crippen LogP contribution in [0.1, 0.15) is 12.8 Å². The zero-order valence-electron chi connectivity index (χ0n) is 16.6. The van der Waals surface area contributed by atoms with Gasteiger partial charge in [0.1, 0.15) is 0 Å². The van der Waals surface area contributed by atoms with Gasteiger partial charge in [-0.25, -0.2) is 0 Å². The van der Waals surface area contributed by atoms with Crippen LogP contribution in [0.25, 0.3) is 0 Å². The fraction of sp³-hybridized carbons (Fsp3) is 0.167.